The van der Waals surface area contributed by atoms with Gasteiger partial charge in [-0.3, -0.25) is 0 Å². The summed E-state index contributed by atoms with van der Waals surface area (Å²) in [6.07, 6.45) is 0. The number of fused-ring (bicyclic) bond motifs is 8. The van der Waals surface area contributed by atoms with Crippen LogP contribution >= 0.6 is 0 Å². The van der Waals surface area contributed by atoms with E-state index in [-0.39, 0.29) is 0 Å². The minimum Gasteiger partial charge on any atom is -0.309 e. The standard InChI is InChI=1S/C52H34N2/c1-2-10-35(11-3-1)37-18-20-38(21-19-37)39-24-28-43(29-25-39)53-47-16-8-6-14-45(47)51-49(53)32-33-50-52(51)46-15-7-9-17-48(46)54(50)44-30-26-40(27-31-44)42-23-22-36-12-4-5-13-41(36)34-42/h1-34H. The summed E-state index contributed by atoms with van der Waals surface area (Å²) in [6.45, 7) is 0. The quantitative estimate of drug-likeness (QED) is 0.171. The topological polar surface area (TPSA) is 9.86 Å². The molecule has 0 saturated carbocycles. The lowest BCUT2D eigenvalue weighted by molar-refractivity contribution is 1.17. The van der Waals surface area contributed by atoms with Crippen molar-refractivity contribution >= 4 is 54.4 Å². The molecule has 2 aromatic heterocycles. The number of para-hydroxylation sites is 2. The second-order valence-electron chi connectivity index (χ2n) is 14.2. The van der Waals surface area contributed by atoms with E-state index in [1.807, 2.05) is 0 Å². The van der Waals surface area contributed by atoms with Gasteiger partial charge < -0.3 is 9.13 Å². The lowest BCUT2D eigenvalue weighted by atomic mass is 10.0. The van der Waals surface area contributed by atoms with Gasteiger partial charge in [0.25, 0.3) is 0 Å². The Morgan fingerprint density at radius 3 is 1.17 bits per heavy atom. The molecule has 0 spiro atoms. The van der Waals surface area contributed by atoms with E-state index in [0.29, 0.717) is 0 Å². The third-order valence-corrected chi connectivity index (χ3v) is 11.1. The first-order valence-corrected chi connectivity index (χ1v) is 18.6. The van der Waals surface area contributed by atoms with Crippen molar-refractivity contribution in [2.45, 2.75) is 0 Å². The number of hydrogen-bond acceptors (Lipinski definition) is 0. The van der Waals surface area contributed by atoms with Gasteiger partial charge in [-0.1, -0.05) is 152 Å². The molecule has 11 aromatic rings. The van der Waals surface area contributed by atoms with Gasteiger partial charge in [0.05, 0.1) is 22.1 Å². The lowest BCUT2D eigenvalue weighted by Gasteiger charge is -2.11. The van der Waals surface area contributed by atoms with Crippen molar-refractivity contribution in [1.82, 2.24) is 9.13 Å². The Kier molecular flexibility index (Phi) is 6.90. The fourth-order valence-electron chi connectivity index (χ4n) is 8.54. The third-order valence-electron chi connectivity index (χ3n) is 11.1. The Labute approximate surface area is 313 Å². The Balaban J connectivity index is 1.03. The highest BCUT2D eigenvalue weighted by molar-refractivity contribution is 6.28. The molecule has 0 atom stereocenters. The van der Waals surface area contributed by atoms with Crippen molar-refractivity contribution in [3.8, 4) is 44.8 Å². The summed E-state index contributed by atoms with van der Waals surface area (Å²) in [5.74, 6) is 0. The first-order valence-electron chi connectivity index (χ1n) is 18.6. The van der Waals surface area contributed by atoms with Crippen LogP contribution in [0.2, 0.25) is 0 Å². The summed E-state index contributed by atoms with van der Waals surface area (Å²) in [5.41, 5.74) is 14.5. The van der Waals surface area contributed by atoms with Crippen LogP contribution in [0, 0.1) is 0 Å². The number of aromatic nitrogens is 2. The van der Waals surface area contributed by atoms with E-state index < -0.39 is 0 Å². The average Bonchev–Trinajstić information content (AvgIpc) is 3.77. The van der Waals surface area contributed by atoms with Crippen LogP contribution in [0.1, 0.15) is 0 Å². The largest absolute Gasteiger partial charge is 0.309 e. The van der Waals surface area contributed by atoms with Gasteiger partial charge in [0.2, 0.25) is 0 Å². The summed E-state index contributed by atoms with van der Waals surface area (Å²) in [4.78, 5) is 0. The SMILES string of the molecule is c1ccc(-c2ccc(-c3ccc(-n4c5ccccc5c5c6c7ccccc7n(-c7ccc(-c8ccc9ccccc9c8)cc7)c6ccc54)cc3)cc2)cc1. The monoisotopic (exact) mass is 686 g/mol. The van der Waals surface area contributed by atoms with Gasteiger partial charge >= 0.3 is 0 Å². The van der Waals surface area contributed by atoms with E-state index in [0.717, 1.165) is 11.4 Å². The Morgan fingerprint density at radius 2 is 0.630 bits per heavy atom. The first kappa shape index (κ1) is 30.5. The molecule has 2 heterocycles. The number of hydrogen-bond donors (Lipinski definition) is 0. The maximum Gasteiger partial charge on any atom is 0.0548 e. The Bertz CT molecular complexity index is 3160. The van der Waals surface area contributed by atoms with E-state index in [1.54, 1.807) is 0 Å². The van der Waals surface area contributed by atoms with Crippen LogP contribution in [0.5, 0.6) is 0 Å². The molecule has 2 nitrogen and oxygen atoms in total. The van der Waals surface area contributed by atoms with Gasteiger partial charge in [-0.25, -0.2) is 0 Å². The molecule has 0 radical (unpaired) electrons. The maximum absolute atomic E-state index is 2.43. The summed E-state index contributed by atoms with van der Waals surface area (Å²) in [7, 11) is 0. The number of nitrogens with zero attached hydrogens (tertiary/aromatic N) is 2. The molecule has 0 aliphatic rings. The van der Waals surface area contributed by atoms with E-state index >= 15 is 0 Å². The highest BCUT2D eigenvalue weighted by atomic mass is 15.0. The van der Waals surface area contributed by atoms with Gasteiger partial charge in [0, 0.05) is 32.9 Å². The highest BCUT2D eigenvalue weighted by Gasteiger charge is 2.20. The van der Waals surface area contributed by atoms with Gasteiger partial charge in [0.1, 0.15) is 0 Å². The number of rotatable bonds is 5. The Hall–Kier alpha value is -7.16. The molecule has 0 fully saturated rings. The normalized spacial score (nSPS) is 11.7. The van der Waals surface area contributed by atoms with Crippen molar-refractivity contribution in [2.75, 3.05) is 0 Å². The van der Waals surface area contributed by atoms with Crippen molar-refractivity contribution in [3.05, 3.63) is 206 Å². The van der Waals surface area contributed by atoms with Crippen LogP contribution in [0.4, 0.5) is 0 Å². The molecule has 0 aliphatic heterocycles. The molecular weight excluding hydrogens is 653 g/mol. The van der Waals surface area contributed by atoms with Crippen LogP contribution in [0.25, 0.3) is 99.1 Å². The average molecular weight is 687 g/mol. The fraction of sp³-hybridized carbons (Fsp3) is 0. The van der Waals surface area contributed by atoms with Gasteiger partial charge in [-0.05, 0) is 98.8 Å². The number of benzene rings is 9. The molecule has 2 heteroatoms. The third kappa shape index (κ3) is 4.81. The lowest BCUT2D eigenvalue weighted by Crippen LogP contribution is -1.95. The predicted octanol–water partition coefficient (Wildman–Crippen LogP) is 14.0. The predicted molar refractivity (Wildman–Crippen MR) is 229 cm³/mol. The minimum absolute atomic E-state index is 1.15. The second kappa shape index (κ2) is 12.2. The van der Waals surface area contributed by atoms with E-state index in [4.69, 9.17) is 0 Å². The summed E-state index contributed by atoms with van der Waals surface area (Å²) in [6, 6.07) is 75.1. The molecule has 0 bridgehead atoms. The van der Waals surface area contributed by atoms with E-state index in [9.17, 15) is 0 Å². The van der Waals surface area contributed by atoms with E-state index in [1.165, 1.54) is 87.8 Å². The zero-order valence-corrected chi connectivity index (χ0v) is 29.5. The van der Waals surface area contributed by atoms with Gasteiger partial charge in [0.15, 0.2) is 0 Å². The molecule has 0 unspecified atom stereocenters. The summed E-state index contributed by atoms with van der Waals surface area (Å²) >= 11 is 0. The summed E-state index contributed by atoms with van der Waals surface area (Å²) < 4.78 is 4.86. The fourth-order valence-corrected chi connectivity index (χ4v) is 8.54. The van der Waals surface area contributed by atoms with Gasteiger partial charge in [-0.15, -0.1) is 0 Å². The van der Waals surface area contributed by atoms with Gasteiger partial charge in [-0.2, -0.15) is 0 Å². The van der Waals surface area contributed by atoms with E-state index in [2.05, 4.69) is 215 Å². The first-order chi connectivity index (χ1) is 26.8. The molecule has 11 rings (SSSR count). The molecule has 0 aliphatic carbocycles. The molecule has 252 valence electrons. The Morgan fingerprint density at radius 1 is 0.241 bits per heavy atom. The van der Waals surface area contributed by atoms with Crippen LogP contribution in [0.15, 0.2) is 206 Å². The molecule has 0 N–H and O–H groups in total. The molecule has 9 aromatic carbocycles. The van der Waals surface area contributed by atoms with Crippen LogP contribution in [0.3, 0.4) is 0 Å². The van der Waals surface area contributed by atoms with Crippen LogP contribution in [-0.2, 0) is 0 Å². The van der Waals surface area contributed by atoms with Crippen LogP contribution < -0.4 is 0 Å². The van der Waals surface area contributed by atoms with Crippen LogP contribution in [-0.4, -0.2) is 9.13 Å². The smallest absolute Gasteiger partial charge is 0.0548 e. The summed E-state index contributed by atoms with van der Waals surface area (Å²) in [5, 5.41) is 7.60. The minimum atomic E-state index is 1.15. The highest BCUT2D eigenvalue weighted by Crippen LogP contribution is 2.42. The molecular formula is C52H34N2. The zero-order chi connectivity index (χ0) is 35.6. The van der Waals surface area contributed by atoms with Crippen molar-refractivity contribution in [2.24, 2.45) is 0 Å². The van der Waals surface area contributed by atoms with Crippen molar-refractivity contribution < 1.29 is 0 Å². The molecule has 0 amide bonds. The zero-order valence-electron chi connectivity index (χ0n) is 29.5. The second-order valence-corrected chi connectivity index (χ2v) is 14.2. The molecule has 0 saturated heterocycles. The van der Waals surface area contributed by atoms with Crippen molar-refractivity contribution in [3.63, 3.8) is 0 Å². The molecule has 54 heavy (non-hydrogen) atoms. The van der Waals surface area contributed by atoms with Crippen molar-refractivity contribution in [1.29, 1.82) is 0 Å². The maximum atomic E-state index is 2.43.